The minimum Gasteiger partial charge on any atom is -0.464 e. The third kappa shape index (κ3) is 3.52. The van der Waals surface area contributed by atoms with Crippen LogP contribution in [-0.2, 0) is 0 Å². The lowest BCUT2D eigenvalue weighted by atomic mass is 9.96. The zero-order chi connectivity index (χ0) is 13.8. The highest BCUT2D eigenvalue weighted by molar-refractivity contribution is 5.74. The molecule has 1 saturated heterocycles. The molecular weight excluding hydrogens is 240 g/mol. The molecule has 1 aliphatic heterocycles. The second kappa shape index (κ2) is 6.13. The molecule has 2 rings (SSSR count). The van der Waals surface area contributed by atoms with Gasteiger partial charge < -0.3 is 14.6 Å². The van der Waals surface area contributed by atoms with E-state index in [1.807, 2.05) is 30.9 Å². The normalized spacial score (nSPS) is 21.2. The molecule has 2 heterocycles. The van der Waals surface area contributed by atoms with Gasteiger partial charge in [-0.05, 0) is 44.7 Å². The topological polar surface area (TPSA) is 45.5 Å². The van der Waals surface area contributed by atoms with Crippen LogP contribution in [0, 0.1) is 12.8 Å². The quantitative estimate of drug-likeness (QED) is 0.908. The molecule has 1 aromatic heterocycles. The van der Waals surface area contributed by atoms with E-state index in [1.165, 1.54) is 6.42 Å². The molecule has 1 aliphatic rings. The molecule has 106 valence electrons. The van der Waals surface area contributed by atoms with E-state index in [9.17, 15) is 4.79 Å². The van der Waals surface area contributed by atoms with Crippen LogP contribution >= 0.6 is 0 Å². The lowest BCUT2D eigenvalue weighted by Gasteiger charge is -2.33. The summed E-state index contributed by atoms with van der Waals surface area (Å²) in [5.74, 6) is 2.34. The summed E-state index contributed by atoms with van der Waals surface area (Å²) in [4.78, 5) is 14.2. The van der Waals surface area contributed by atoms with Crippen LogP contribution in [0.25, 0.3) is 0 Å². The van der Waals surface area contributed by atoms with Gasteiger partial charge in [0.1, 0.15) is 11.5 Å². The zero-order valence-electron chi connectivity index (χ0n) is 12.1. The van der Waals surface area contributed by atoms with Crippen LogP contribution in [0.15, 0.2) is 16.5 Å². The first-order valence-electron chi connectivity index (χ1n) is 7.22. The molecular formula is C15H24N2O2. The van der Waals surface area contributed by atoms with E-state index in [0.717, 1.165) is 37.5 Å². The Kier molecular flexibility index (Phi) is 4.51. The van der Waals surface area contributed by atoms with Crippen molar-refractivity contribution >= 4 is 6.03 Å². The van der Waals surface area contributed by atoms with Gasteiger partial charge in [0.25, 0.3) is 0 Å². The van der Waals surface area contributed by atoms with E-state index in [4.69, 9.17) is 4.42 Å². The minimum absolute atomic E-state index is 0.0275. The van der Waals surface area contributed by atoms with Crippen molar-refractivity contribution in [3.05, 3.63) is 23.7 Å². The number of aryl methyl sites for hydroxylation is 1. The number of likely N-dealkylation sites (tertiary alicyclic amines) is 1. The minimum atomic E-state index is -0.0804. The largest absolute Gasteiger partial charge is 0.464 e. The first-order chi connectivity index (χ1) is 9.10. The van der Waals surface area contributed by atoms with E-state index >= 15 is 0 Å². The molecule has 2 amide bonds. The number of hydrogen-bond donors (Lipinski definition) is 1. The second-order valence-corrected chi connectivity index (χ2v) is 5.48. The first-order valence-corrected chi connectivity index (χ1v) is 7.22. The molecule has 0 aromatic carbocycles. The van der Waals surface area contributed by atoms with Crippen molar-refractivity contribution in [2.45, 2.75) is 46.1 Å². The van der Waals surface area contributed by atoms with Gasteiger partial charge in [-0.1, -0.05) is 13.3 Å². The lowest BCUT2D eigenvalue weighted by molar-refractivity contribution is 0.160. The maximum atomic E-state index is 12.2. The lowest BCUT2D eigenvalue weighted by Crippen LogP contribution is -2.46. The summed E-state index contributed by atoms with van der Waals surface area (Å²) in [6.07, 6.45) is 3.50. The van der Waals surface area contributed by atoms with E-state index in [-0.39, 0.29) is 12.1 Å². The number of piperidine rings is 1. The fraction of sp³-hybridized carbons (Fsp3) is 0.667. The molecule has 19 heavy (non-hydrogen) atoms. The Bertz CT molecular complexity index is 428. The number of carbonyl (C=O) groups excluding carboxylic acids is 1. The standard InChI is InChI=1S/C15H24N2O2/c1-4-13-6-5-9-17(10-13)15(18)16-12(3)14-8-7-11(2)19-14/h7-8,12-13H,4-6,9-10H2,1-3H3,(H,16,18). The molecule has 0 aliphatic carbocycles. The van der Waals surface area contributed by atoms with Gasteiger partial charge in [-0.3, -0.25) is 0 Å². The third-order valence-electron chi connectivity index (χ3n) is 3.91. The number of hydrogen-bond acceptors (Lipinski definition) is 2. The van der Waals surface area contributed by atoms with Crippen LogP contribution in [0.2, 0.25) is 0 Å². The summed E-state index contributed by atoms with van der Waals surface area (Å²) in [6, 6.07) is 3.79. The highest BCUT2D eigenvalue weighted by atomic mass is 16.3. The van der Waals surface area contributed by atoms with E-state index in [1.54, 1.807) is 0 Å². The number of amides is 2. The predicted molar refractivity (Wildman–Crippen MR) is 75.0 cm³/mol. The van der Waals surface area contributed by atoms with Crippen molar-refractivity contribution in [2.24, 2.45) is 5.92 Å². The van der Waals surface area contributed by atoms with Crippen molar-refractivity contribution < 1.29 is 9.21 Å². The van der Waals surface area contributed by atoms with Crippen molar-refractivity contribution in [1.82, 2.24) is 10.2 Å². The van der Waals surface area contributed by atoms with Gasteiger partial charge in [-0.15, -0.1) is 0 Å². The van der Waals surface area contributed by atoms with E-state index < -0.39 is 0 Å². The molecule has 1 aromatic rings. The number of furan rings is 1. The Morgan fingerprint density at radius 1 is 1.58 bits per heavy atom. The predicted octanol–water partition coefficient (Wildman–Crippen LogP) is 3.48. The number of carbonyl (C=O) groups is 1. The van der Waals surface area contributed by atoms with Crippen LogP contribution in [0.5, 0.6) is 0 Å². The maximum absolute atomic E-state index is 12.2. The van der Waals surface area contributed by atoms with Gasteiger partial charge in [0.05, 0.1) is 6.04 Å². The van der Waals surface area contributed by atoms with Gasteiger partial charge >= 0.3 is 6.03 Å². The summed E-state index contributed by atoms with van der Waals surface area (Å²) in [5.41, 5.74) is 0. The summed E-state index contributed by atoms with van der Waals surface area (Å²) in [5, 5.41) is 3.02. The van der Waals surface area contributed by atoms with Gasteiger partial charge in [0.2, 0.25) is 0 Å². The van der Waals surface area contributed by atoms with Gasteiger partial charge in [-0.2, -0.15) is 0 Å². The molecule has 2 atom stereocenters. The van der Waals surface area contributed by atoms with Crippen LogP contribution < -0.4 is 5.32 Å². The van der Waals surface area contributed by atoms with Gasteiger partial charge in [-0.25, -0.2) is 4.79 Å². The molecule has 0 radical (unpaired) electrons. The van der Waals surface area contributed by atoms with Gasteiger partial charge in [0.15, 0.2) is 0 Å². The SMILES string of the molecule is CCC1CCCN(C(=O)NC(C)c2ccc(C)o2)C1. The van der Waals surface area contributed by atoms with Crippen LogP contribution in [0.1, 0.15) is 50.7 Å². The summed E-state index contributed by atoms with van der Waals surface area (Å²) in [7, 11) is 0. The first kappa shape index (κ1) is 14.0. The summed E-state index contributed by atoms with van der Waals surface area (Å²) in [6.45, 7) is 7.81. The van der Waals surface area contributed by atoms with Crippen molar-refractivity contribution in [2.75, 3.05) is 13.1 Å². The van der Waals surface area contributed by atoms with E-state index in [2.05, 4.69) is 12.2 Å². The average Bonchev–Trinajstić information content (AvgIpc) is 2.85. The third-order valence-corrected chi connectivity index (χ3v) is 3.91. The fourth-order valence-electron chi connectivity index (χ4n) is 2.62. The molecule has 4 nitrogen and oxygen atoms in total. The highest BCUT2D eigenvalue weighted by Gasteiger charge is 2.24. The molecule has 0 bridgehead atoms. The van der Waals surface area contributed by atoms with E-state index in [0.29, 0.717) is 5.92 Å². The van der Waals surface area contributed by atoms with Crippen molar-refractivity contribution in [1.29, 1.82) is 0 Å². The Balaban J connectivity index is 1.89. The summed E-state index contributed by atoms with van der Waals surface area (Å²) < 4.78 is 5.54. The van der Waals surface area contributed by atoms with Crippen molar-refractivity contribution in [3.63, 3.8) is 0 Å². The summed E-state index contributed by atoms with van der Waals surface area (Å²) >= 11 is 0. The fourth-order valence-corrected chi connectivity index (χ4v) is 2.62. The second-order valence-electron chi connectivity index (χ2n) is 5.48. The monoisotopic (exact) mass is 264 g/mol. The molecule has 2 unspecified atom stereocenters. The Morgan fingerprint density at radius 3 is 3.00 bits per heavy atom. The number of urea groups is 1. The zero-order valence-corrected chi connectivity index (χ0v) is 12.1. The molecule has 1 N–H and O–H groups in total. The van der Waals surface area contributed by atoms with Crippen LogP contribution in [-0.4, -0.2) is 24.0 Å². The van der Waals surface area contributed by atoms with Crippen LogP contribution in [0.3, 0.4) is 0 Å². The number of nitrogens with zero attached hydrogens (tertiary/aromatic N) is 1. The maximum Gasteiger partial charge on any atom is 0.317 e. The molecule has 0 spiro atoms. The smallest absolute Gasteiger partial charge is 0.317 e. The number of rotatable bonds is 3. The Hall–Kier alpha value is -1.45. The highest BCUT2D eigenvalue weighted by Crippen LogP contribution is 2.20. The van der Waals surface area contributed by atoms with Crippen LogP contribution in [0.4, 0.5) is 4.79 Å². The molecule has 1 fully saturated rings. The Labute approximate surface area is 115 Å². The molecule has 0 saturated carbocycles. The molecule has 4 heteroatoms. The van der Waals surface area contributed by atoms with Gasteiger partial charge in [0, 0.05) is 13.1 Å². The Morgan fingerprint density at radius 2 is 2.37 bits per heavy atom. The number of nitrogens with one attached hydrogen (secondary N) is 1. The van der Waals surface area contributed by atoms with Crippen molar-refractivity contribution in [3.8, 4) is 0 Å². The average molecular weight is 264 g/mol.